The van der Waals surface area contributed by atoms with Gasteiger partial charge in [-0.2, -0.15) is 0 Å². The first kappa shape index (κ1) is 15.2. The van der Waals surface area contributed by atoms with Crippen molar-refractivity contribution in [3.63, 3.8) is 0 Å². The van der Waals surface area contributed by atoms with Crippen molar-refractivity contribution >= 4 is 0 Å². The fourth-order valence-electron chi connectivity index (χ4n) is 3.07. The molecule has 1 aromatic carbocycles. The lowest BCUT2D eigenvalue weighted by Gasteiger charge is -2.24. The molecule has 0 aromatic heterocycles. The van der Waals surface area contributed by atoms with E-state index in [1.807, 2.05) is 12.1 Å². The second kappa shape index (κ2) is 7.53. The van der Waals surface area contributed by atoms with Crippen LogP contribution in [0.4, 0.5) is 0 Å². The van der Waals surface area contributed by atoms with Crippen LogP contribution in [0.15, 0.2) is 18.2 Å². The highest BCUT2D eigenvalue weighted by atomic mass is 16.5. The molecule has 0 radical (unpaired) electrons. The monoisotopic (exact) mass is 277 g/mol. The third-order valence-corrected chi connectivity index (χ3v) is 4.51. The molecule has 1 aliphatic rings. The minimum Gasteiger partial charge on any atom is -0.507 e. The molecule has 0 amide bonds. The maximum absolute atomic E-state index is 9.97. The molecule has 2 rings (SSSR count). The normalized spacial score (nSPS) is 18.5. The number of aromatic hydroxyl groups is 1. The van der Waals surface area contributed by atoms with E-state index in [-0.39, 0.29) is 0 Å². The molecule has 1 saturated carbocycles. The number of rotatable bonds is 5. The Kier molecular flexibility index (Phi) is 5.72. The zero-order valence-electron chi connectivity index (χ0n) is 12.7. The summed E-state index contributed by atoms with van der Waals surface area (Å²) < 4.78 is 5.10. The topological polar surface area (TPSA) is 41.5 Å². The second-order valence-corrected chi connectivity index (χ2v) is 5.92. The van der Waals surface area contributed by atoms with Crippen LogP contribution in [0.1, 0.15) is 51.0 Å². The lowest BCUT2D eigenvalue weighted by atomic mass is 9.93. The molecule has 1 aliphatic carbocycles. The number of hydrogen-bond acceptors (Lipinski definition) is 3. The van der Waals surface area contributed by atoms with E-state index in [0.717, 1.165) is 11.5 Å². The third kappa shape index (κ3) is 4.14. The molecule has 1 fully saturated rings. The van der Waals surface area contributed by atoms with Crippen LogP contribution in [0.5, 0.6) is 11.5 Å². The summed E-state index contributed by atoms with van der Waals surface area (Å²) in [6.07, 6.45) is 8.19. The zero-order chi connectivity index (χ0) is 14.4. The number of hydrogen-bond donors (Lipinski definition) is 2. The molecule has 0 aliphatic heterocycles. The Morgan fingerprint density at radius 3 is 2.55 bits per heavy atom. The SMILES string of the molecule is COc1ccc(CN[C@H](C)C2CCCCCC2)c(O)c1. The fraction of sp³-hybridized carbons (Fsp3) is 0.647. The van der Waals surface area contributed by atoms with Crippen molar-refractivity contribution in [3.05, 3.63) is 23.8 Å². The van der Waals surface area contributed by atoms with Gasteiger partial charge < -0.3 is 15.2 Å². The van der Waals surface area contributed by atoms with Gasteiger partial charge in [0.25, 0.3) is 0 Å². The molecule has 0 heterocycles. The highest BCUT2D eigenvalue weighted by Gasteiger charge is 2.18. The van der Waals surface area contributed by atoms with Crippen LogP contribution in [0.25, 0.3) is 0 Å². The van der Waals surface area contributed by atoms with Crippen LogP contribution >= 0.6 is 0 Å². The molecule has 112 valence electrons. The Labute approximate surface area is 122 Å². The first-order chi connectivity index (χ1) is 9.70. The number of nitrogens with one attached hydrogen (secondary N) is 1. The Bertz CT molecular complexity index is 411. The van der Waals surface area contributed by atoms with Crippen molar-refractivity contribution in [3.8, 4) is 11.5 Å². The maximum Gasteiger partial charge on any atom is 0.123 e. The van der Waals surface area contributed by atoms with E-state index < -0.39 is 0 Å². The number of benzene rings is 1. The van der Waals surface area contributed by atoms with Crippen LogP contribution in [0, 0.1) is 5.92 Å². The number of ether oxygens (including phenoxy) is 1. The molecule has 0 bridgehead atoms. The van der Waals surface area contributed by atoms with E-state index in [1.165, 1.54) is 38.5 Å². The molecule has 3 nitrogen and oxygen atoms in total. The minimum atomic E-state index is 0.310. The average Bonchev–Trinajstić information content (AvgIpc) is 2.74. The molecule has 0 spiro atoms. The largest absolute Gasteiger partial charge is 0.507 e. The molecule has 1 atom stereocenters. The molecule has 0 saturated heterocycles. The van der Waals surface area contributed by atoms with Crippen LogP contribution in [0.2, 0.25) is 0 Å². The predicted octanol–water partition coefficient (Wildman–Crippen LogP) is 3.85. The Hall–Kier alpha value is -1.22. The van der Waals surface area contributed by atoms with Crippen molar-refractivity contribution in [1.29, 1.82) is 0 Å². The quantitative estimate of drug-likeness (QED) is 0.803. The standard InChI is InChI=1S/C17H27NO2/c1-13(14-7-5-3-4-6-8-14)18-12-15-9-10-16(20-2)11-17(15)19/h9-11,13-14,18-19H,3-8,12H2,1-2H3/t13-/m1/s1. The van der Waals surface area contributed by atoms with Crippen LogP contribution in [0.3, 0.4) is 0 Å². The summed E-state index contributed by atoms with van der Waals surface area (Å²) in [5, 5.41) is 13.5. The average molecular weight is 277 g/mol. The summed E-state index contributed by atoms with van der Waals surface area (Å²) in [6, 6.07) is 6.01. The van der Waals surface area contributed by atoms with Crippen molar-refractivity contribution in [2.75, 3.05) is 7.11 Å². The van der Waals surface area contributed by atoms with Crippen molar-refractivity contribution in [2.24, 2.45) is 5.92 Å². The molecule has 20 heavy (non-hydrogen) atoms. The Balaban J connectivity index is 1.87. The van der Waals surface area contributed by atoms with Crippen molar-refractivity contribution in [1.82, 2.24) is 5.32 Å². The number of phenolic OH excluding ortho intramolecular Hbond substituents is 1. The van der Waals surface area contributed by atoms with Gasteiger partial charge in [-0.25, -0.2) is 0 Å². The van der Waals surface area contributed by atoms with Crippen LogP contribution in [-0.4, -0.2) is 18.3 Å². The molecule has 0 unspecified atom stereocenters. The van der Waals surface area contributed by atoms with E-state index >= 15 is 0 Å². The van der Waals surface area contributed by atoms with Gasteiger partial charge in [0, 0.05) is 24.2 Å². The lowest BCUT2D eigenvalue weighted by Crippen LogP contribution is -2.32. The molecular weight excluding hydrogens is 250 g/mol. The predicted molar refractivity (Wildman–Crippen MR) is 82.2 cm³/mol. The summed E-state index contributed by atoms with van der Waals surface area (Å²) in [4.78, 5) is 0. The minimum absolute atomic E-state index is 0.310. The second-order valence-electron chi connectivity index (χ2n) is 5.92. The summed E-state index contributed by atoms with van der Waals surface area (Å²) >= 11 is 0. The van der Waals surface area contributed by atoms with Gasteiger partial charge >= 0.3 is 0 Å². The molecular formula is C17H27NO2. The number of phenols is 1. The van der Waals surface area contributed by atoms with E-state index in [9.17, 15) is 5.11 Å². The van der Waals surface area contributed by atoms with E-state index in [1.54, 1.807) is 13.2 Å². The van der Waals surface area contributed by atoms with E-state index in [0.29, 0.717) is 24.1 Å². The van der Waals surface area contributed by atoms with Crippen molar-refractivity contribution in [2.45, 2.75) is 58.0 Å². The molecule has 3 heteroatoms. The fourth-order valence-corrected chi connectivity index (χ4v) is 3.07. The van der Waals surface area contributed by atoms with Gasteiger partial charge in [0.05, 0.1) is 7.11 Å². The van der Waals surface area contributed by atoms with Crippen LogP contribution in [-0.2, 0) is 6.54 Å². The van der Waals surface area contributed by atoms with Gasteiger partial charge in [0.1, 0.15) is 11.5 Å². The summed E-state index contributed by atoms with van der Waals surface area (Å²) in [5.74, 6) is 1.78. The maximum atomic E-state index is 9.97. The highest BCUT2D eigenvalue weighted by Crippen LogP contribution is 2.27. The Morgan fingerprint density at radius 1 is 1.25 bits per heavy atom. The molecule has 1 aromatic rings. The summed E-state index contributed by atoms with van der Waals surface area (Å²) in [5.41, 5.74) is 0.936. The summed E-state index contributed by atoms with van der Waals surface area (Å²) in [7, 11) is 1.61. The van der Waals surface area contributed by atoms with E-state index in [2.05, 4.69) is 12.2 Å². The van der Waals surface area contributed by atoms with E-state index in [4.69, 9.17) is 4.74 Å². The summed E-state index contributed by atoms with van der Waals surface area (Å²) in [6.45, 7) is 2.99. The Morgan fingerprint density at radius 2 is 1.95 bits per heavy atom. The van der Waals surface area contributed by atoms with Gasteiger partial charge in [-0.1, -0.05) is 31.7 Å². The van der Waals surface area contributed by atoms with Crippen molar-refractivity contribution < 1.29 is 9.84 Å². The first-order valence-corrected chi connectivity index (χ1v) is 7.80. The number of methoxy groups -OCH3 is 1. The smallest absolute Gasteiger partial charge is 0.123 e. The van der Waals surface area contributed by atoms with Gasteiger partial charge in [0.15, 0.2) is 0 Å². The van der Waals surface area contributed by atoms with Gasteiger partial charge in [0.2, 0.25) is 0 Å². The zero-order valence-corrected chi connectivity index (χ0v) is 12.7. The highest BCUT2D eigenvalue weighted by molar-refractivity contribution is 5.39. The van der Waals surface area contributed by atoms with Gasteiger partial charge in [-0.3, -0.25) is 0 Å². The lowest BCUT2D eigenvalue weighted by molar-refractivity contribution is 0.334. The van der Waals surface area contributed by atoms with Gasteiger partial charge in [-0.15, -0.1) is 0 Å². The third-order valence-electron chi connectivity index (χ3n) is 4.51. The molecule has 2 N–H and O–H groups in total. The van der Waals surface area contributed by atoms with Crippen LogP contribution < -0.4 is 10.1 Å². The van der Waals surface area contributed by atoms with Gasteiger partial charge in [-0.05, 0) is 31.7 Å². The first-order valence-electron chi connectivity index (χ1n) is 7.80.